The van der Waals surface area contributed by atoms with Crippen molar-refractivity contribution in [1.29, 1.82) is 0 Å². The molecule has 136 valence electrons. The summed E-state index contributed by atoms with van der Waals surface area (Å²) < 4.78 is 20.4. The lowest BCUT2D eigenvalue weighted by Crippen LogP contribution is -2.48. The van der Waals surface area contributed by atoms with Crippen LogP contribution in [0.3, 0.4) is 0 Å². The predicted octanol–water partition coefficient (Wildman–Crippen LogP) is 3.59. The number of hydrogen-bond donors (Lipinski definition) is 0. The number of piperazine rings is 1. The molecule has 0 N–H and O–H groups in total. The van der Waals surface area contributed by atoms with Crippen LogP contribution < -0.4 is 4.90 Å². The van der Waals surface area contributed by atoms with Crippen molar-refractivity contribution in [3.8, 4) is 0 Å². The van der Waals surface area contributed by atoms with E-state index in [0.29, 0.717) is 43.2 Å². The summed E-state index contributed by atoms with van der Waals surface area (Å²) in [6.45, 7) is 3.50. The highest BCUT2D eigenvalue weighted by atomic mass is 127. The molecule has 1 aromatic carbocycles. The molecular formula is C19H18FIN2O3. The molecule has 2 heterocycles. The number of rotatable bonds is 4. The largest absolute Gasteiger partial charge is 0.451 e. The lowest BCUT2D eigenvalue weighted by atomic mass is 10.1. The molecule has 0 spiro atoms. The molecular weight excluding hydrogens is 450 g/mol. The van der Waals surface area contributed by atoms with Gasteiger partial charge in [-0.2, -0.15) is 0 Å². The Kier molecular flexibility index (Phi) is 5.75. The van der Waals surface area contributed by atoms with Crippen molar-refractivity contribution in [3.63, 3.8) is 0 Å². The van der Waals surface area contributed by atoms with Crippen LogP contribution in [0.25, 0.3) is 6.08 Å². The number of furan rings is 1. The summed E-state index contributed by atoms with van der Waals surface area (Å²) in [6.07, 6.45) is 3.14. The number of anilines is 1. The van der Waals surface area contributed by atoms with Crippen molar-refractivity contribution in [2.45, 2.75) is 6.92 Å². The first-order chi connectivity index (χ1) is 12.4. The van der Waals surface area contributed by atoms with Crippen molar-refractivity contribution in [1.82, 2.24) is 4.90 Å². The molecule has 1 amide bonds. The molecule has 1 fully saturated rings. The zero-order valence-corrected chi connectivity index (χ0v) is 16.4. The summed E-state index contributed by atoms with van der Waals surface area (Å²) in [7, 11) is 0. The Balaban J connectivity index is 1.59. The van der Waals surface area contributed by atoms with Crippen LogP contribution in [0.4, 0.5) is 10.1 Å². The van der Waals surface area contributed by atoms with E-state index in [0.717, 1.165) is 3.77 Å². The van der Waals surface area contributed by atoms with E-state index in [1.807, 2.05) is 11.0 Å². The van der Waals surface area contributed by atoms with Gasteiger partial charge in [-0.15, -0.1) is 0 Å². The van der Waals surface area contributed by atoms with Gasteiger partial charge in [-0.25, -0.2) is 4.39 Å². The van der Waals surface area contributed by atoms with Crippen molar-refractivity contribution < 1.29 is 18.4 Å². The minimum absolute atomic E-state index is 0.0940. The predicted molar refractivity (Wildman–Crippen MR) is 106 cm³/mol. The number of amides is 1. The molecule has 0 atom stereocenters. The third-order valence-electron chi connectivity index (χ3n) is 4.27. The Labute approximate surface area is 164 Å². The van der Waals surface area contributed by atoms with Crippen LogP contribution in [0.2, 0.25) is 0 Å². The lowest BCUT2D eigenvalue weighted by molar-refractivity contribution is -0.126. The fourth-order valence-electron chi connectivity index (χ4n) is 2.83. The summed E-state index contributed by atoms with van der Waals surface area (Å²) in [5.41, 5.74) is 0.820. The molecule has 2 aromatic rings. The van der Waals surface area contributed by atoms with Crippen molar-refractivity contribution >= 4 is 46.0 Å². The van der Waals surface area contributed by atoms with Crippen LogP contribution in [-0.2, 0) is 4.79 Å². The molecule has 5 nitrogen and oxygen atoms in total. The first kappa shape index (κ1) is 18.6. The molecule has 1 aliphatic heterocycles. The summed E-state index contributed by atoms with van der Waals surface area (Å²) in [6, 6.07) is 8.16. The van der Waals surface area contributed by atoms with Gasteiger partial charge >= 0.3 is 0 Å². The van der Waals surface area contributed by atoms with Gasteiger partial charge in [0.2, 0.25) is 5.91 Å². The van der Waals surface area contributed by atoms with Crippen LogP contribution in [0, 0.1) is 9.58 Å². The Hall–Kier alpha value is -2.16. The normalized spacial score (nSPS) is 14.9. The van der Waals surface area contributed by atoms with Crippen LogP contribution in [0.15, 0.2) is 40.8 Å². The zero-order chi connectivity index (χ0) is 18.7. The maximum Gasteiger partial charge on any atom is 0.246 e. The third kappa shape index (κ3) is 4.32. The molecule has 26 heavy (non-hydrogen) atoms. The van der Waals surface area contributed by atoms with E-state index < -0.39 is 5.82 Å². The molecule has 7 heteroatoms. The smallest absolute Gasteiger partial charge is 0.246 e. The molecule has 0 bridgehead atoms. The highest BCUT2D eigenvalue weighted by Gasteiger charge is 2.22. The van der Waals surface area contributed by atoms with Gasteiger partial charge < -0.3 is 14.2 Å². The quantitative estimate of drug-likeness (QED) is 0.391. The summed E-state index contributed by atoms with van der Waals surface area (Å²) in [5.74, 6) is -0.0360. The molecule has 1 aromatic heterocycles. The van der Waals surface area contributed by atoms with Gasteiger partial charge in [0, 0.05) is 37.8 Å². The zero-order valence-electron chi connectivity index (χ0n) is 14.2. The number of carbonyl (C=O) groups excluding carboxylic acids is 2. The highest BCUT2D eigenvalue weighted by molar-refractivity contribution is 14.1. The van der Waals surface area contributed by atoms with Gasteiger partial charge in [-0.05, 0) is 65.9 Å². The minimum atomic E-state index is -0.412. The fourth-order valence-corrected chi connectivity index (χ4v) is 3.26. The Bertz CT molecular complexity index is 854. The van der Waals surface area contributed by atoms with E-state index in [-0.39, 0.29) is 11.7 Å². The van der Waals surface area contributed by atoms with Gasteiger partial charge in [0.25, 0.3) is 0 Å². The van der Waals surface area contributed by atoms with Crippen molar-refractivity contribution in [3.05, 3.63) is 57.3 Å². The molecule has 1 aliphatic rings. The lowest BCUT2D eigenvalue weighted by Gasteiger charge is -2.35. The molecule has 0 unspecified atom stereocenters. The molecule has 0 saturated carbocycles. The monoisotopic (exact) mass is 468 g/mol. The van der Waals surface area contributed by atoms with E-state index in [2.05, 4.69) is 22.6 Å². The van der Waals surface area contributed by atoms with E-state index in [9.17, 15) is 14.0 Å². The SMILES string of the molecule is CC(=O)c1ccc(N2CCN(C(=O)/C=C/c3ccc(I)o3)CC2)c(F)c1. The number of benzene rings is 1. The fraction of sp³-hybridized carbons (Fsp3) is 0.263. The summed E-state index contributed by atoms with van der Waals surface area (Å²) in [4.78, 5) is 27.2. The Morgan fingerprint density at radius 3 is 2.46 bits per heavy atom. The van der Waals surface area contributed by atoms with E-state index in [1.165, 1.54) is 19.1 Å². The van der Waals surface area contributed by atoms with Gasteiger partial charge in [0.05, 0.1) is 5.69 Å². The van der Waals surface area contributed by atoms with Crippen LogP contribution in [0.1, 0.15) is 23.0 Å². The van der Waals surface area contributed by atoms with E-state index in [4.69, 9.17) is 4.42 Å². The average molecular weight is 468 g/mol. The summed E-state index contributed by atoms with van der Waals surface area (Å²) in [5, 5.41) is 0. The molecule has 3 rings (SSSR count). The van der Waals surface area contributed by atoms with E-state index >= 15 is 0 Å². The second-order valence-electron chi connectivity index (χ2n) is 6.01. The number of nitrogens with zero attached hydrogens (tertiary/aromatic N) is 2. The number of ketones is 1. The van der Waals surface area contributed by atoms with Crippen molar-refractivity contribution in [2.75, 3.05) is 31.1 Å². The van der Waals surface area contributed by atoms with E-state index in [1.54, 1.807) is 29.2 Å². The van der Waals surface area contributed by atoms with Gasteiger partial charge in [0.1, 0.15) is 11.6 Å². The number of carbonyl (C=O) groups is 2. The minimum Gasteiger partial charge on any atom is -0.451 e. The number of halogens is 2. The van der Waals surface area contributed by atoms with Crippen LogP contribution >= 0.6 is 22.6 Å². The first-order valence-electron chi connectivity index (χ1n) is 8.22. The molecule has 0 aliphatic carbocycles. The van der Waals surface area contributed by atoms with Crippen molar-refractivity contribution in [2.24, 2.45) is 0 Å². The second-order valence-corrected chi connectivity index (χ2v) is 7.07. The average Bonchev–Trinajstić information content (AvgIpc) is 3.05. The van der Waals surface area contributed by atoms with Crippen LogP contribution in [-0.4, -0.2) is 42.8 Å². The van der Waals surface area contributed by atoms with Gasteiger partial charge in [-0.1, -0.05) is 0 Å². The summed E-state index contributed by atoms with van der Waals surface area (Å²) >= 11 is 2.07. The second kappa shape index (κ2) is 8.03. The molecule has 1 saturated heterocycles. The maximum absolute atomic E-state index is 14.3. The highest BCUT2D eigenvalue weighted by Crippen LogP contribution is 2.22. The number of Topliss-reactive ketones (excluding diaryl/α,β-unsaturated/α-hetero) is 1. The topological polar surface area (TPSA) is 53.8 Å². The van der Waals surface area contributed by atoms with Gasteiger partial charge in [0.15, 0.2) is 9.55 Å². The standard InChI is InChI=1S/C19H18FIN2O3/c1-13(24)14-2-5-17(16(20)12-14)22-8-10-23(11-9-22)19(25)7-4-15-3-6-18(21)26-15/h2-7,12H,8-11H2,1H3/b7-4+. The van der Waals surface area contributed by atoms with Crippen LogP contribution in [0.5, 0.6) is 0 Å². The Morgan fingerprint density at radius 1 is 1.15 bits per heavy atom. The number of hydrogen-bond acceptors (Lipinski definition) is 4. The Morgan fingerprint density at radius 2 is 1.88 bits per heavy atom. The van der Waals surface area contributed by atoms with Gasteiger partial charge in [-0.3, -0.25) is 9.59 Å². The third-order valence-corrected chi connectivity index (χ3v) is 4.85. The maximum atomic E-state index is 14.3. The first-order valence-corrected chi connectivity index (χ1v) is 9.29. The molecule has 0 radical (unpaired) electrons.